The molecule has 1 aliphatic rings. The molecule has 0 bridgehead atoms. The molecule has 0 amide bonds. The molecule has 0 radical (unpaired) electrons. The fourth-order valence-corrected chi connectivity index (χ4v) is 2.01. The summed E-state index contributed by atoms with van der Waals surface area (Å²) < 4.78 is 1.84. The van der Waals surface area contributed by atoms with E-state index in [9.17, 15) is 0 Å². The van der Waals surface area contributed by atoms with E-state index in [1.165, 1.54) is 11.1 Å². The minimum absolute atomic E-state index is 0.256. The number of aromatic nitrogens is 2. The van der Waals surface area contributed by atoms with Crippen molar-refractivity contribution in [3.63, 3.8) is 0 Å². The summed E-state index contributed by atoms with van der Waals surface area (Å²) in [4.78, 5) is 0. The van der Waals surface area contributed by atoms with Crippen molar-refractivity contribution in [2.24, 2.45) is 7.05 Å². The van der Waals surface area contributed by atoms with Crippen LogP contribution in [-0.2, 0) is 13.5 Å². The molecule has 1 aromatic rings. The van der Waals surface area contributed by atoms with Crippen molar-refractivity contribution in [3.8, 4) is 0 Å². The lowest BCUT2D eigenvalue weighted by Gasteiger charge is -1.96. The van der Waals surface area contributed by atoms with Gasteiger partial charge in [0.1, 0.15) is 0 Å². The van der Waals surface area contributed by atoms with Crippen molar-refractivity contribution in [2.45, 2.75) is 24.6 Å². The maximum absolute atomic E-state index is 5.98. The molecule has 1 unspecified atom stereocenters. The lowest BCUT2D eigenvalue weighted by Crippen LogP contribution is -1.86. The van der Waals surface area contributed by atoms with E-state index in [1.54, 1.807) is 0 Å². The molecule has 2 rings (SSSR count). The lowest BCUT2D eigenvalue weighted by atomic mass is 10.1. The number of aryl methyl sites for hydroxylation is 1. The van der Waals surface area contributed by atoms with Crippen LogP contribution in [0.25, 0.3) is 0 Å². The summed E-state index contributed by atoms with van der Waals surface area (Å²) in [5.41, 5.74) is 2.73. The van der Waals surface area contributed by atoms with Crippen LogP contribution in [-0.4, -0.2) is 15.2 Å². The predicted molar refractivity (Wildman–Crippen MR) is 53.9 cm³/mol. The van der Waals surface area contributed by atoms with Crippen molar-refractivity contribution in [2.75, 3.05) is 0 Å². The van der Waals surface area contributed by atoms with Crippen molar-refractivity contribution in [1.29, 1.82) is 0 Å². The van der Waals surface area contributed by atoms with Gasteiger partial charge in [-0.05, 0) is 24.8 Å². The number of allylic oxidation sites excluding steroid dienone is 2. The van der Waals surface area contributed by atoms with Crippen LogP contribution in [0.3, 0.4) is 0 Å². The average Bonchev–Trinajstić information content (AvgIpc) is 2.62. The highest BCUT2D eigenvalue weighted by Gasteiger charge is 2.13. The molecule has 0 spiro atoms. The molecule has 0 saturated heterocycles. The zero-order valence-corrected chi connectivity index (χ0v) is 8.46. The first kappa shape index (κ1) is 8.82. The summed E-state index contributed by atoms with van der Waals surface area (Å²) in [5, 5.41) is 4.39. The van der Waals surface area contributed by atoms with Crippen molar-refractivity contribution in [1.82, 2.24) is 9.78 Å². The summed E-state index contributed by atoms with van der Waals surface area (Å²) in [6.45, 7) is 0. The number of nitrogens with zero attached hydrogens (tertiary/aromatic N) is 2. The molecule has 70 valence electrons. The monoisotopic (exact) mass is 196 g/mol. The maximum atomic E-state index is 5.98. The zero-order valence-electron chi connectivity index (χ0n) is 7.70. The first-order valence-electron chi connectivity index (χ1n) is 4.55. The Labute approximate surface area is 83.2 Å². The van der Waals surface area contributed by atoms with Gasteiger partial charge in [0.15, 0.2) is 0 Å². The Morgan fingerprint density at radius 3 is 3.08 bits per heavy atom. The SMILES string of the molecule is Cn1cc(CC2=CC(Cl)CC2)cn1. The summed E-state index contributed by atoms with van der Waals surface area (Å²) in [5.74, 6) is 0. The topological polar surface area (TPSA) is 17.8 Å². The molecular weight excluding hydrogens is 184 g/mol. The van der Waals surface area contributed by atoms with E-state index in [0.29, 0.717) is 0 Å². The van der Waals surface area contributed by atoms with Crippen molar-refractivity contribution >= 4 is 11.6 Å². The van der Waals surface area contributed by atoms with E-state index in [2.05, 4.69) is 17.4 Å². The van der Waals surface area contributed by atoms with Gasteiger partial charge in [0.2, 0.25) is 0 Å². The van der Waals surface area contributed by atoms with Crippen LogP contribution in [0, 0.1) is 0 Å². The standard InChI is InChI=1S/C10H13ClN2/c1-13-7-9(6-12-13)4-8-2-3-10(11)5-8/h5-7,10H,2-4H2,1H3. The Balaban J connectivity index is 2.02. The van der Waals surface area contributed by atoms with Crippen molar-refractivity contribution in [3.05, 3.63) is 29.6 Å². The van der Waals surface area contributed by atoms with Crippen LogP contribution < -0.4 is 0 Å². The van der Waals surface area contributed by atoms with Gasteiger partial charge in [-0.25, -0.2) is 0 Å². The molecule has 1 aromatic heterocycles. The third-order valence-electron chi connectivity index (χ3n) is 2.35. The number of hydrogen-bond donors (Lipinski definition) is 0. The van der Waals surface area contributed by atoms with E-state index >= 15 is 0 Å². The minimum Gasteiger partial charge on any atom is -0.276 e. The quantitative estimate of drug-likeness (QED) is 0.524. The van der Waals surface area contributed by atoms with Gasteiger partial charge >= 0.3 is 0 Å². The molecular formula is C10H13ClN2. The van der Waals surface area contributed by atoms with Crippen molar-refractivity contribution < 1.29 is 0 Å². The second-order valence-electron chi connectivity index (χ2n) is 3.58. The minimum atomic E-state index is 0.256. The molecule has 1 aliphatic carbocycles. The Morgan fingerprint density at radius 1 is 1.69 bits per heavy atom. The normalized spacial score (nSPS) is 22.0. The zero-order chi connectivity index (χ0) is 9.26. The Kier molecular flexibility index (Phi) is 2.40. The first-order chi connectivity index (χ1) is 6.24. The molecule has 0 N–H and O–H groups in total. The van der Waals surface area contributed by atoms with Crippen LogP contribution >= 0.6 is 11.6 Å². The smallest absolute Gasteiger partial charge is 0.0524 e. The Hall–Kier alpha value is -0.760. The largest absolute Gasteiger partial charge is 0.276 e. The lowest BCUT2D eigenvalue weighted by molar-refractivity contribution is 0.767. The van der Waals surface area contributed by atoms with Gasteiger partial charge in [0.05, 0.1) is 11.6 Å². The summed E-state index contributed by atoms with van der Waals surface area (Å²) in [6.07, 6.45) is 9.40. The predicted octanol–water partition coefficient (Wildman–Crippen LogP) is 2.29. The van der Waals surface area contributed by atoms with Gasteiger partial charge in [0.25, 0.3) is 0 Å². The van der Waals surface area contributed by atoms with Gasteiger partial charge in [-0.3, -0.25) is 4.68 Å². The van der Waals surface area contributed by atoms with Gasteiger partial charge in [-0.15, -0.1) is 11.6 Å². The molecule has 0 aliphatic heterocycles. The van der Waals surface area contributed by atoms with Crippen LogP contribution in [0.1, 0.15) is 18.4 Å². The second-order valence-corrected chi connectivity index (χ2v) is 4.14. The maximum Gasteiger partial charge on any atom is 0.0524 e. The van der Waals surface area contributed by atoms with Crippen LogP contribution in [0.15, 0.2) is 24.0 Å². The number of alkyl halides is 1. The number of rotatable bonds is 2. The molecule has 13 heavy (non-hydrogen) atoms. The van der Waals surface area contributed by atoms with Crippen LogP contribution in [0.5, 0.6) is 0 Å². The Morgan fingerprint density at radius 2 is 2.54 bits per heavy atom. The molecule has 0 fully saturated rings. The fourth-order valence-electron chi connectivity index (χ4n) is 1.72. The van der Waals surface area contributed by atoms with E-state index in [4.69, 9.17) is 11.6 Å². The fraction of sp³-hybridized carbons (Fsp3) is 0.500. The van der Waals surface area contributed by atoms with Gasteiger partial charge in [-0.1, -0.05) is 11.6 Å². The highest BCUT2D eigenvalue weighted by atomic mass is 35.5. The third-order valence-corrected chi connectivity index (χ3v) is 2.69. The summed E-state index contributed by atoms with van der Waals surface area (Å²) in [6, 6.07) is 0. The van der Waals surface area contributed by atoms with E-state index in [1.807, 2.05) is 17.9 Å². The summed E-state index contributed by atoms with van der Waals surface area (Å²) >= 11 is 5.98. The first-order valence-corrected chi connectivity index (χ1v) is 4.99. The third kappa shape index (κ3) is 2.13. The molecule has 2 nitrogen and oxygen atoms in total. The number of hydrogen-bond acceptors (Lipinski definition) is 1. The number of halogens is 1. The van der Waals surface area contributed by atoms with Gasteiger partial charge in [0, 0.05) is 13.2 Å². The van der Waals surface area contributed by atoms with E-state index in [-0.39, 0.29) is 5.38 Å². The molecule has 0 saturated carbocycles. The second kappa shape index (κ2) is 3.54. The summed E-state index contributed by atoms with van der Waals surface area (Å²) in [7, 11) is 1.94. The van der Waals surface area contributed by atoms with E-state index in [0.717, 1.165) is 19.3 Å². The molecule has 1 atom stereocenters. The molecule has 0 aromatic carbocycles. The molecule has 1 heterocycles. The molecule has 3 heteroatoms. The van der Waals surface area contributed by atoms with E-state index < -0.39 is 0 Å². The van der Waals surface area contributed by atoms with Crippen LogP contribution in [0.4, 0.5) is 0 Å². The average molecular weight is 197 g/mol. The van der Waals surface area contributed by atoms with Gasteiger partial charge in [-0.2, -0.15) is 5.10 Å². The van der Waals surface area contributed by atoms with Crippen LogP contribution in [0.2, 0.25) is 0 Å². The highest BCUT2D eigenvalue weighted by molar-refractivity contribution is 6.22. The highest BCUT2D eigenvalue weighted by Crippen LogP contribution is 2.25. The van der Waals surface area contributed by atoms with Gasteiger partial charge < -0.3 is 0 Å². The Bertz CT molecular complexity index is 327.